The first-order chi connectivity index (χ1) is 23.0. The molecule has 5 rings (SSSR count). The number of alkyl halides is 3. The Bertz CT molecular complexity index is 1630. The Morgan fingerprint density at radius 2 is 1.50 bits per heavy atom. The van der Waals surface area contributed by atoms with Crippen LogP contribution in [0.25, 0.3) is 11.1 Å². The molecule has 3 aromatic rings. The first kappa shape index (κ1) is 35.2. The summed E-state index contributed by atoms with van der Waals surface area (Å²) in [6, 6.07) is 19.0. The number of benzene rings is 3. The summed E-state index contributed by atoms with van der Waals surface area (Å²) < 4.78 is 52.6. The number of rotatable bonds is 14. The minimum Gasteiger partial charge on any atom is -0.337 e. The van der Waals surface area contributed by atoms with Crippen molar-refractivity contribution in [1.82, 2.24) is 9.96 Å². The van der Waals surface area contributed by atoms with Crippen molar-refractivity contribution in [2.75, 3.05) is 26.2 Å². The van der Waals surface area contributed by atoms with Gasteiger partial charge in [-0.1, -0.05) is 66.6 Å². The lowest BCUT2D eigenvalue weighted by Gasteiger charge is -2.31. The molecule has 0 radical (unpaired) electrons. The molecular formula is C39H42F4N2O3. The van der Waals surface area contributed by atoms with Gasteiger partial charge in [0.15, 0.2) is 5.78 Å². The van der Waals surface area contributed by atoms with Crippen molar-refractivity contribution in [3.63, 3.8) is 0 Å². The van der Waals surface area contributed by atoms with E-state index in [9.17, 15) is 27.2 Å². The molecule has 0 aromatic heterocycles. The summed E-state index contributed by atoms with van der Waals surface area (Å²) in [4.78, 5) is 34.8. The number of likely N-dealkylation sites (N-methyl/N-ethyl adjacent to an activating group) is 1. The topological polar surface area (TPSA) is 49.9 Å². The Morgan fingerprint density at radius 1 is 0.854 bits per heavy atom. The molecule has 0 saturated carbocycles. The third-order valence-corrected chi connectivity index (χ3v) is 9.25. The molecule has 3 aromatic carbocycles. The lowest BCUT2D eigenvalue weighted by molar-refractivity contribution is -0.157. The Balaban J connectivity index is 1.34. The second kappa shape index (κ2) is 15.9. The fourth-order valence-electron chi connectivity index (χ4n) is 6.65. The zero-order chi connectivity index (χ0) is 34.3. The van der Waals surface area contributed by atoms with Crippen LogP contribution in [0.15, 0.2) is 95.6 Å². The molecule has 0 heterocycles. The number of carbonyl (C=O) groups excluding carboxylic acids is 2. The highest BCUT2D eigenvalue weighted by Crippen LogP contribution is 2.42. The maximum Gasteiger partial charge on any atom is 0.416 e. The van der Waals surface area contributed by atoms with E-state index in [0.29, 0.717) is 51.2 Å². The van der Waals surface area contributed by atoms with Crippen molar-refractivity contribution in [2.24, 2.45) is 5.92 Å². The highest BCUT2D eigenvalue weighted by molar-refractivity contribution is 6.07. The Hall–Kier alpha value is -4.08. The van der Waals surface area contributed by atoms with E-state index in [1.54, 1.807) is 18.2 Å². The standard InChI is InChI=1S/C39H42F4N2O3/c1-3-45(48-4-2)23-22-44(26-28-9-13-29(14-10-28)30-16-18-32(19-17-30)39(41,42)43)38(47)25-36-31(15-8-27-11-20-33(40)21-12-27)24-37(46)35-7-5-6-34(35)36/h9-14,16-21,24,36H,3-8,15,22-23,25-26H2,1-2H3. The zero-order valence-electron chi connectivity index (χ0n) is 27.5. The van der Waals surface area contributed by atoms with Crippen molar-refractivity contribution < 1.29 is 32.0 Å². The number of allylic oxidation sites excluding steroid dienone is 4. The fourth-order valence-corrected chi connectivity index (χ4v) is 6.65. The highest BCUT2D eigenvalue weighted by Gasteiger charge is 2.35. The van der Waals surface area contributed by atoms with Gasteiger partial charge in [0, 0.05) is 38.5 Å². The van der Waals surface area contributed by atoms with Crippen LogP contribution in [0.3, 0.4) is 0 Å². The number of aryl methyl sites for hydroxylation is 1. The van der Waals surface area contributed by atoms with E-state index < -0.39 is 11.7 Å². The average molecular weight is 663 g/mol. The largest absolute Gasteiger partial charge is 0.416 e. The second-order valence-corrected chi connectivity index (χ2v) is 12.4. The Morgan fingerprint density at radius 3 is 2.12 bits per heavy atom. The molecule has 1 amide bonds. The van der Waals surface area contributed by atoms with E-state index in [1.807, 2.05) is 48.1 Å². The van der Waals surface area contributed by atoms with Gasteiger partial charge in [0.25, 0.3) is 0 Å². The third-order valence-electron chi connectivity index (χ3n) is 9.25. The summed E-state index contributed by atoms with van der Waals surface area (Å²) in [5, 5.41) is 1.83. The molecule has 2 aliphatic carbocycles. The molecule has 48 heavy (non-hydrogen) atoms. The van der Waals surface area contributed by atoms with Crippen LogP contribution in [0.4, 0.5) is 17.6 Å². The summed E-state index contributed by atoms with van der Waals surface area (Å²) in [5.41, 5.74) is 5.49. The van der Waals surface area contributed by atoms with Gasteiger partial charge in [0.2, 0.25) is 5.91 Å². The summed E-state index contributed by atoms with van der Waals surface area (Å²) >= 11 is 0. The molecule has 0 saturated heterocycles. The van der Waals surface area contributed by atoms with Crippen molar-refractivity contribution in [1.29, 1.82) is 0 Å². The molecule has 1 unspecified atom stereocenters. The number of ketones is 1. The number of hydrogen-bond acceptors (Lipinski definition) is 4. The van der Waals surface area contributed by atoms with Gasteiger partial charge in [0.1, 0.15) is 5.82 Å². The van der Waals surface area contributed by atoms with Gasteiger partial charge in [-0.15, -0.1) is 0 Å². The van der Waals surface area contributed by atoms with E-state index in [0.717, 1.165) is 64.8 Å². The lowest BCUT2D eigenvalue weighted by atomic mass is 9.78. The van der Waals surface area contributed by atoms with Crippen LogP contribution in [0.5, 0.6) is 0 Å². The molecule has 9 heteroatoms. The van der Waals surface area contributed by atoms with Gasteiger partial charge in [-0.05, 0) is 97.2 Å². The number of nitrogens with zero attached hydrogens (tertiary/aromatic N) is 2. The van der Waals surface area contributed by atoms with Crippen molar-refractivity contribution in [3.05, 3.63) is 118 Å². The lowest BCUT2D eigenvalue weighted by Crippen LogP contribution is -2.39. The van der Waals surface area contributed by atoms with Crippen LogP contribution in [0.2, 0.25) is 0 Å². The van der Waals surface area contributed by atoms with Crippen LogP contribution in [-0.2, 0) is 33.6 Å². The first-order valence-corrected chi connectivity index (χ1v) is 16.7. The smallest absolute Gasteiger partial charge is 0.337 e. The molecule has 0 spiro atoms. The summed E-state index contributed by atoms with van der Waals surface area (Å²) in [6.07, 6.45) is 1.25. The Labute approximate surface area is 279 Å². The molecule has 254 valence electrons. The molecule has 0 fully saturated rings. The minimum atomic E-state index is -4.39. The normalized spacial score (nSPS) is 16.4. The van der Waals surface area contributed by atoms with Gasteiger partial charge in [0.05, 0.1) is 12.2 Å². The van der Waals surface area contributed by atoms with Gasteiger partial charge in [-0.25, -0.2) is 4.39 Å². The monoisotopic (exact) mass is 662 g/mol. The first-order valence-electron chi connectivity index (χ1n) is 16.7. The maximum atomic E-state index is 14.2. The molecule has 2 aliphatic rings. The Kier molecular flexibility index (Phi) is 11.7. The number of halogens is 4. The van der Waals surface area contributed by atoms with Crippen LogP contribution in [0, 0.1) is 11.7 Å². The van der Waals surface area contributed by atoms with Gasteiger partial charge >= 0.3 is 6.18 Å². The molecule has 0 N–H and O–H groups in total. The van der Waals surface area contributed by atoms with Gasteiger partial charge in [-0.2, -0.15) is 18.2 Å². The van der Waals surface area contributed by atoms with Crippen LogP contribution in [0.1, 0.15) is 62.6 Å². The summed E-state index contributed by atoms with van der Waals surface area (Å²) in [5.74, 6) is -0.442. The molecule has 1 atom stereocenters. The van der Waals surface area contributed by atoms with Crippen LogP contribution >= 0.6 is 0 Å². The predicted octanol–water partition coefficient (Wildman–Crippen LogP) is 8.74. The van der Waals surface area contributed by atoms with E-state index in [1.165, 1.54) is 24.3 Å². The number of hydroxylamine groups is 2. The average Bonchev–Trinajstić information content (AvgIpc) is 3.58. The number of hydrogen-bond donors (Lipinski definition) is 0. The van der Waals surface area contributed by atoms with Crippen molar-refractivity contribution in [2.45, 2.75) is 65.1 Å². The molecule has 0 aliphatic heterocycles. The maximum absolute atomic E-state index is 14.2. The molecular weight excluding hydrogens is 620 g/mol. The second-order valence-electron chi connectivity index (χ2n) is 12.4. The van der Waals surface area contributed by atoms with Crippen LogP contribution < -0.4 is 0 Å². The quantitative estimate of drug-likeness (QED) is 0.128. The summed E-state index contributed by atoms with van der Waals surface area (Å²) in [6.45, 7) is 6.39. The van der Waals surface area contributed by atoms with Gasteiger partial charge in [-0.3, -0.25) is 14.4 Å². The van der Waals surface area contributed by atoms with Crippen LogP contribution in [-0.4, -0.2) is 47.9 Å². The SMILES string of the molecule is CCON(CC)CCN(Cc1ccc(-c2ccc(C(F)(F)F)cc2)cc1)C(=O)CC1C(CCc2ccc(F)cc2)=CC(=O)C2=C1CCC2. The number of carbonyl (C=O) groups is 2. The predicted molar refractivity (Wildman–Crippen MR) is 178 cm³/mol. The minimum absolute atomic E-state index is 0.0276. The van der Waals surface area contributed by atoms with E-state index >= 15 is 0 Å². The van der Waals surface area contributed by atoms with Crippen molar-refractivity contribution >= 4 is 11.7 Å². The highest BCUT2D eigenvalue weighted by atomic mass is 19.4. The van der Waals surface area contributed by atoms with E-state index in [2.05, 4.69) is 0 Å². The fraction of sp³-hybridized carbons (Fsp3) is 0.385. The van der Waals surface area contributed by atoms with E-state index in [-0.39, 0.29) is 29.8 Å². The zero-order valence-corrected chi connectivity index (χ0v) is 27.5. The van der Waals surface area contributed by atoms with Crippen molar-refractivity contribution in [3.8, 4) is 11.1 Å². The third kappa shape index (κ3) is 8.88. The van der Waals surface area contributed by atoms with Gasteiger partial charge < -0.3 is 4.90 Å². The molecule has 0 bridgehead atoms. The van der Waals surface area contributed by atoms with E-state index in [4.69, 9.17) is 4.84 Å². The number of amides is 1. The summed E-state index contributed by atoms with van der Waals surface area (Å²) in [7, 11) is 0. The molecule has 5 nitrogen and oxygen atoms in total.